The number of carbonyl (C=O) groups is 1. The van der Waals surface area contributed by atoms with Crippen molar-refractivity contribution in [3.8, 4) is 0 Å². The second-order valence-corrected chi connectivity index (χ2v) is 10.8. The van der Waals surface area contributed by atoms with Crippen molar-refractivity contribution in [2.24, 2.45) is 11.8 Å². The maximum atomic E-state index is 13.1. The van der Waals surface area contributed by atoms with E-state index in [9.17, 15) is 9.90 Å². The van der Waals surface area contributed by atoms with Gasteiger partial charge in [0, 0.05) is 13.7 Å². The molecule has 4 aliphatic rings. The van der Waals surface area contributed by atoms with E-state index in [1.165, 1.54) is 0 Å². The van der Waals surface area contributed by atoms with Gasteiger partial charge >= 0.3 is 6.09 Å². The van der Waals surface area contributed by atoms with Gasteiger partial charge < -0.3 is 29.0 Å². The van der Waals surface area contributed by atoms with Crippen molar-refractivity contribution >= 4 is 6.09 Å². The van der Waals surface area contributed by atoms with Crippen LogP contribution in [0.5, 0.6) is 0 Å². The number of likely N-dealkylation sites (tertiary alicyclic amines) is 1. The molecule has 1 amide bonds. The van der Waals surface area contributed by atoms with E-state index in [0.29, 0.717) is 25.5 Å². The number of hydrogen-bond donors (Lipinski definition) is 1. The van der Waals surface area contributed by atoms with E-state index in [1.54, 1.807) is 25.9 Å². The topological polar surface area (TPSA) is 84.1 Å². The van der Waals surface area contributed by atoms with E-state index in [4.69, 9.17) is 18.9 Å². The molecule has 0 aromatic carbocycles. The molecule has 176 valence electrons. The Morgan fingerprint density at radius 2 is 2.03 bits per heavy atom. The van der Waals surface area contributed by atoms with Gasteiger partial charge in [-0.25, -0.2) is 4.79 Å². The highest BCUT2D eigenvalue weighted by molar-refractivity contribution is 5.69. The molecule has 1 N–H and O–H groups in total. The molecule has 7 nitrogen and oxygen atoms in total. The Morgan fingerprint density at radius 3 is 2.61 bits per heavy atom. The lowest BCUT2D eigenvalue weighted by Crippen LogP contribution is -2.57. The Morgan fingerprint density at radius 1 is 1.32 bits per heavy atom. The van der Waals surface area contributed by atoms with Gasteiger partial charge in [-0.1, -0.05) is 26.0 Å². The summed E-state index contributed by atoms with van der Waals surface area (Å²) in [5, 5.41) is 10.5. The highest BCUT2D eigenvalue weighted by Crippen LogP contribution is 2.59. The SMILES string of the molecule is CO[C@H]1C([C@@]2(C)O[C@@H]2/C=C/C(C)C)[C@]2(CC[C@H]1OC(=O)N1CCCC1C(C)(C)O)CO2. The van der Waals surface area contributed by atoms with Gasteiger partial charge in [0.15, 0.2) is 0 Å². The zero-order chi connectivity index (χ0) is 22.6. The second-order valence-electron chi connectivity index (χ2n) is 10.8. The Labute approximate surface area is 186 Å². The van der Waals surface area contributed by atoms with Gasteiger partial charge in [-0.3, -0.25) is 0 Å². The van der Waals surface area contributed by atoms with Crippen LogP contribution in [0.15, 0.2) is 12.2 Å². The summed E-state index contributed by atoms with van der Waals surface area (Å²) in [6, 6.07) is -0.228. The Hall–Kier alpha value is -1.15. The minimum Gasteiger partial charge on any atom is -0.443 e. The quantitative estimate of drug-likeness (QED) is 0.507. The lowest BCUT2D eigenvalue weighted by molar-refractivity contribution is -0.124. The molecule has 3 saturated heterocycles. The summed E-state index contributed by atoms with van der Waals surface area (Å²) in [5.74, 6) is 0.448. The molecule has 3 heterocycles. The van der Waals surface area contributed by atoms with E-state index < -0.39 is 11.2 Å². The molecule has 0 aromatic heterocycles. The molecule has 1 spiro atoms. The van der Waals surface area contributed by atoms with Gasteiger partial charge in [0.1, 0.15) is 29.5 Å². The number of allylic oxidation sites excluding steroid dienone is 1. The molecule has 4 rings (SSSR count). The summed E-state index contributed by atoms with van der Waals surface area (Å²) < 4.78 is 24.1. The fourth-order valence-electron chi connectivity index (χ4n) is 5.86. The Kier molecular flexibility index (Phi) is 5.95. The first-order chi connectivity index (χ1) is 14.5. The fraction of sp³-hybridized carbons (Fsp3) is 0.875. The largest absolute Gasteiger partial charge is 0.443 e. The first-order valence-electron chi connectivity index (χ1n) is 11.7. The number of nitrogens with zero attached hydrogens (tertiary/aromatic N) is 1. The number of ether oxygens (including phenoxy) is 4. The smallest absolute Gasteiger partial charge is 0.410 e. The first-order valence-corrected chi connectivity index (χ1v) is 11.7. The van der Waals surface area contributed by atoms with Crippen molar-refractivity contribution in [1.29, 1.82) is 0 Å². The van der Waals surface area contributed by atoms with Crippen LogP contribution >= 0.6 is 0 Å². The van der Waals surface area contributed by atoms with Crippen LogP contribution in [0, 0.1) is 11.8 Å². The molecule has 1 saturated carbocycles. The highest BCUT2D eigenvalue weighted by Gasteiger charge is 2.72. The number of hydrogen-bond acceptors (Lipinski definition) is 6. The molecular weight excluding hydrogens is 398 g/mol. The monoisotopic (exact) mass is 437 g/mol. The molecule has 4 fully saturated rings. The Balaban J connectivity index is 1.49. The van der Waals surface area contributed by atoms with Crippen molar-refractivity contribution < 1.29 is 28.8 Å². The summed E-state index contributed by atoms with van der Waals surface area (Å²) in [6.45, 7) is 11.2. The van der Waals surface area contributed by atoms with Crippen LogP contribution in [0.25, 0.3) is 0 Å². The predicted octanol–water partition coefficient (Wildman–Crippen LogP) is 3.29. The summed E-state index contributed by atoms with van der Waals surface area (Å²) in [5.41, 5.74) is -1.60. The lowest BCUT2D eigenvalue weighted by Gasteiger charge is -2.43. The maximum Gasteiger partial charge on any atom is 0.410 e. The highest BCUT2D eigenvalue weighted by atomic mass is 16.6. The van der Waals surface area contributed by atoms with Crippen LogP contribution in [0.4, 0.5) is 4.79 Å². The van der Waals surface area contributed by atoms with Crippen LogP contribution < -0.4 is 0 Å². The molecule has 7 heteroatoms. The van der Waals surface area contributed by atoms with Gasteiger partial charge in [-0.05, 0) is 52.4 Å². The van der Waals surface area contributed by atoms with Crippen LogP contribution in [0.1, 0.15) is 60.3 Å². The number of amides is 1. The molecule has 31 heavy (non-hydrogen) atoms. The van der Waals surface area contributed by atoms with Gasteiger partial charge in [-0.15, -0.1) is 0 Å². The minimum absolute atomic E-state index is 0.0120. The number of epoxide rings is 2. The van der Waals surface area contributed by atoms with Crippen LogP contribution in [-0.2, 0) is 18.9 Å². The molecule has 7 atom stereocenters. The number of aliphatic hydroxyl groups is 1. The third-order valence-electron chi connectivity index (χ3n) is 7.63. The lowest BCUT2D eigenvalue weighted by atomic mass is 9.68. The molecule has 1 aliphatic carbocycles. The zero-order valence-corrected chi connectivity index (χ0v) is 19.8. The van der Waals surface area contributed by atoms with Crippen molar-refractivity contribution in [3.63, 3.8) is 0 Å². The normalized spacial score (nSPS) is 42.6. The number of methoxy groups -OCH3 is 1. The third kappa shape index (κ3) is 4.26. The number of rotatable bonds is 6. The molecule has 3 aliphatic heterocycles. The first kappa shape index (κ1) is 23.0. The zero-order valence-electron chi connectivity index (χ0n) is 19.8. The third-order valence-corrected chi connectivity index (χ3v) is 7.63. The van der Waals surface area contributed by atoms with Crippen LogP contribution in [0.2, 0.25) is 0 Å². The fourth-order valence-corrected chi connectivity index (χ4v) is 5.86. The predicted molar refractivity (Wildman–Crippen MR) is 116 cm³/mol. The van der Waals surface area contributed by atoms with E-state index in [1.807, 2.05) is 0 Å². The van der Waals surface area contributed by atoms with Gasteiger partial charge in [-0.2, -0.15) is 0 Å². The second kappa shape index (κ2) is 8.01. The van der Waals surface area contributed by atoms with Crippen molar-refractivity contribution in [2.75, 3.05) is 20.3 Å². The van der Waals surface area contributed by atoms with Gasteiger partial charge in [0.2, 0.25) is 0 Å². The molecule has 0 bridgehead atoms. The van der Waals surface area contributed by atoms with Crippen LogP contribution in [-0.4, -0.2) is 77.5 Å². The average molecular weight is 438 g/mol. The van der Waals surface area contributed by atoms with Crippen molar-refractivity contribution in [1.82, 2.24) is 4.90 Å². The summed E-state index contributed by atoms with van der Waals surface area (Å²) in [7, 11) is 1.68. The van der Waals surface area contributed by atoms with Crippen LogP contribution in [0.3, 0.4) is 0 Å². The number of carbonyl (C=O) groups excluding carboxylic acids is 1. The van der Waals surface area contributed by atoms with Gasteiger partial charge in [0.05, 0.1) is 24.2 Å². The summed E-state index contributed by atoms with van der Waals surface area (Å²) in [4.78, 5) is 14.8. The molecule has 0 radical (unpaired) electrons. The minimum atomic E-state index is -0.956. The van der Waals surface area contributed by atoms with E-state index in [0.717, 1.165) is 19.3 Å². The van der Waals surface area contributed by atoms with Crippen molar-refractivity contribution in [3.05, 3.63) is 12.2 Å². The van der Waals surface area contributed by atoms with E-state index in [-0.39, 0.29) is 42.0 Å². The summed E-state index contributed by atoms with van der Waals surface area (Å²) in [6.07, 6.45) is 6.48. The molecule has 2 unspecified atom stereocenters. The average Bonchev–Trinajstić information content (AvgIpc) is 3.52. The maximum absolute atomic E-state index is 13.1. The molecular formula is C24H39NO6. The van der Waals surface area contributed by atoms with Gasteiger partial charge in [0.25, 0.3) is 0 Å². The van der Waals surface area contributed by atoms with Crippen molar-refractivity contribution in [2.45, 2.75) is 101 Å². The standard InChI is InChI=1S/C24H39NO6/c1-15(2)9-10-18-23(5,31-18)20-19(28-6)16(11-12-24(20)14-29-24)30-21(26)25-13-7-8-17(25)22(3,4)27/h9-10,15-20,27H,7-8,11-14H2,1-6H3/b10-9+/t16-,17?,18-,19-,20?,23+,24+/m1/s1. The van der Waals surface area contributed by atoms with E-state index in [2.05, 4.69) is 32.9 Å². The summed E-state index contributed by atoms with van der Waals surface area (Å²) >= 11 is 0. The van der Waals surface area contributed by atoms with E-state index >= 15 is 0 Å². The Bertz CT molecular complexity index is 711. The molecule has 0 aromatic rings.